The average Bonchev–Trinajstić information content (AvgIpc) is 2.67. The van der Waals surface area contributed by atoms with E-state index in [4.69, 9.17) is 14.5 Å². The lowest BCUT2D eigenvalue weighted by molar-refractivity contribution is 0.240. The maximum Gasteiger partial charge on any atom is 0.128 e. The van der Waals surface area contributed by atoms with Crippen molar-refractivity contribution in [2.45, 2.75) is 39.2 Å². The molecule has 0 aromatic heterocycles. The van der Waals surface area contributed by atoms with Crippen molar-refractivity contribution in [3.63, 3.8) is 0 Å². The fraction of sp³-hybridized carbons (Fsp3) is 0.409. The highest BCUT2D eigenvalue weighted by Crippen LogP contribution is 2.29. The van der Waals surface area contributed by atoms with E-state index in [-0.39, 0.29) is 6.10 Å². The molecule has 1 heterocycles. The Bertz CT molecular complexity index is 818. The van der Waals surface area contributed by atoms with Gasteiger partial charge in [0.1, 0.15) is 17.3 Å². The third kappa shape index (κ3) is 5.04. The molecule has 0 fully saturated rings. The zero-order valence-corrected chi connectivity index (χ0v) is 17.8. The Balaban J connectivity index is 1.94. The summed E-state index contributed by atoms with van der Waals surface area (Å²) < 4.78 is 12.7. The van der Waals surface area contributed by atoms with E-state index in [0.717, 1.165) is 59.7 Å². The minimum Gasteiger partial charge on any atom is -0.496 e. The highest BCUT2D eigenvalue weighted by molar-refractivity contribution is 9.10. The smallest absolute Gasteiger partial charge is 0.128 e. The predicted molar refractivity (Wildman–Crippen MR) is 114 cm³/mol. The number of nitrogens with one attached hydrogen (secondary N) is 1. The summed E-state index contributed by atoms with van der Waals surface area (Å²) in [5.74, 6) is 2.83. The van der Waals surface area contributed by atoms with Crippen molar-refractivity contribution >= 4 is 21.8 Å². The van der Waals surface area contributed by atoms with Crippen molar-refractivity contribution in [2.24, 2.45) is 4.99 Å². The molecule has 0 atom stereocenters. The lowest BCUT2D eigenvalue weighted by Crippen LogP contribution is -2.31. The molecule has 1 aliphatic rings. The van der Waals surface area contributed by atoms with Gasteiger partial charge < -0.3 is 14.8 Å². The standard InChI is InChI=1S/C22H27BrN2O2/c1-15(2)27-21-7-4-6-19(22-24-12-5-13-25-22)18(21)10-8-16-14-17(23)9-11-20(16)26-3/h4,6-7,9,11,14-15H,5,8,10,12-13H2,1-3H3,(H,24,25). The number of aryl methyl sites for hydroxylation is 1. The average molecular weight is 431 g/mol. The van der Waals surface area contributed by atoms with Crippen LogP contribution in [0.3, 0.4) is 0 Å². The first kappa shape index (κ1) is 19.7. The van der Waals surface area contributed by atoms with E-state index in [1.165, 1.54) is 11.1 Å². The first-order valence-electron chi connectivity index (χ1n) is 9.48. The highest BCUT2D eigenvalue weighted by atomic mass is 79.9. The number of benzene rings is 2. The van der Waals surface area contributed by atoms with E-state index in [1.54, 1.807) is 7.11 Å². The van der Waals surface area contributed by atoms with Crippen LogP contribution in [0.1, 0.15) is 37.0 Å². The molecule has 2 aromatic rings. The van der Waals surface area contributed by atoms with Gasteiger partial charge in [0.25, 0.3) is 0 Å². The molecule has 0 amide bonds. The Kier molecular flexibility index (Phi) is 6.78. The highest BCUT2D eigenvalue weighted by Gasteiger charge is 2.17. The summed E-state index contributed by atoms with van der Waals surface area (Å²) in [5, 5.41) is 3.45. The molecule has 0 radical (unpaired) electrons. The SMILES string of the molecule is COc1ccc(Br)cc1CCc1c(OC(C)C)cccc1C1=NCCCN1. The molecular weight excluding hydrogens is 404 g/mol. The van der Waals surface area contributed by atoms with Gasteiger partial charge >= 0.3 is 0 Å². The molecular formula is C22H27BrN2O2. The predicted octanol–water partition coefficient (Wildman–Crippen LogP) is 4.77. The number of aliphatic imine (C=N–C) groups is 1. The minimum atomic E-state index is 0.126. The summed E-state index contributed by atoms with van der Waals surface area (Å²) in [4.78, 5) is 4.70. The molecule has 3 rings (SSSR count). The summed E-state index contributed by atoms with van der Waals surface area (Å²) in [6, 6.07) is 12.4. The maximum atomic E-state index is 6.12. The first-order valence-corrected chi connectivity index (χ1v) is 10.3. The van der Waals surface area contributed by atoms with Gasteiger partial charge in [0, 0.05) is 28.7 Å². The van der Waals surface area contributed by atoms with Crippen LogP contribution in [-0.2, 0) is 12.8 Å². The van der Waals surface area contributed by atoms with Gasteiger partial charge in [-0.15, -0.1) is 0 Å². The number of ether oxygens (including phenoxy) is 2. The lowest BCUT2D eigenvalue weighted by atomic mass is 9.97. The normalized spacial score (nSPS) is 13.9. The van der Waals surface area contributed by atoms with Crippen LogP contribution < -0.4 is 14.8 Å². The number of amidine groups is 1. The van der Waals surface area contributed by atoms with Gasteiger partial charge in [-0.1, -0.05) is 28.1 Å². The summed E-state index contributed by atoms with van der Waals surface area (Å²) in [6.45, 7) is 5.96. The molecule has 0 unspecified atom stereocenters. The van der Waals surface area contributed by atoms with Crippen molar-refractivity contribution in [1.29, 1.82) is 0 Å². The zero-order valence-electron chi connectivity index (χ0n) is 16.2. The van der Waals surface area contributed by atoms with Crippen LogP contribution in [0.15, 0.2) is 45.9 Å². The number of hydrogen-bond donors (Lipinski definition) is 1. The molecule has 1 N–H and O–H groups in total. The Labute approximate surface area is 170 Å². The Morgan fingerprint density at radius 3 is 2.70 bits per heavy atom. The maximum absolute atomic E-state index is 6.12. The Hall–Kier alpha value is -2.01. The topological polar surface area (TPSA) is 42.9 Å². The quantitative estimate of drug-likeness (QED) is 0.687. The summed E-state index contributed by atoms with van der Waals surface area (Å²) in [5.41, 5.74) is 3.51. The largest absolute Gasteiger partial charge is 0.496 e. The van der Waals surface area contributed by atoms with Gasteiger partial charge in [0.15, 0.2) is 0 Å². The van der Waals surface area contributed by atoms with Crippen LogP contribution in [0.2, 0.25) is 0 Å². The number of rotatable bonds is 7. The van der Waals surface area contributed by atoms with Gasteiger partial charge in [0.05, 0.1) is 13.2 Å². The van der Waals surface area contributed by atoms with Crippen LogP contribution in [0.4, 0.5) is 0 Å². The second kappa shape index (κ2) is 9.27. The fourth-order valence-electron chi connectivity index (χ4n) is 3.32. The van der Waals surface area contributed by atoms with E-state index >= 15 is 0 Å². The number of methoxy groups -OCH3 is 1. The molecule has 4 nitrogen and oxygen atoms in total. The molecule has 5 heteroatoms. The van der Waals surface area contributed by atoms with Crippen LogP contribution in [-0.4, -0.2) is 32.1 Å². The first-order chi connectivity index (χ1) is 13.1. The molecule has 0 saturated carbocycles. The van der Waals surface area contributed by atoms with Gasteiger partial charge in [-0.3, -0.25) is 4.99 Å². The van der Waals surface area contributed by atoms with E-state index in [1.807, 2.05) is 12.1 Å². The van der Waals surface area contributed by atoms with Gasteiger partial charge in [0.2, 0.25) is 0 Å². The van der Waals surface area contributed by atoms with Crippen LogP contribution >= 0.6 is 15.9 Å². The van der Waals surface area contributed by atoms with Crippen molar-refractivity contribution in [3.05, 3.63) is 57.6 Å². The summed E-state index contributed by atoms with van der Waals surface area (Å²) >= 11 is 3.57. The monoisotopic (exact) mass is 430 g/mol. The zero-order chi connectivity index (χ0) is 19.2. The van der Waals surface area contributed by atoms with E-state index < -0.39 is 0 Å². The summed E-state index contributed by atoms with van der Waals surface area (Å²) in [6.07, 6.45) is 2.92. The molecule has 0 bridgehead atoms. The molecule has 0 spiro atoms. The summed E-state index contributed by atoms with van der Waals surface area (Å²) in [7, 11) is 1.72. The van der Waals surface area contributed by atoms with E-state index in [9.17, 15) is 0 Å². The van der Waals surface area contributed by atoms with Crippen molar-refractivity contribution < 1.29 is 9.47 Å². The number of hydrogen-bond acceptors (Lipinski definition) is 4. The van der Waals surface area contributed by atoms with Crippen molar-refractivity contribution in [1.82, 2.24) is 5.32 Å². The molecule has 0 aliphatic carbocycles. The van der Waals surface area contributed by atoms with Crippen LogP contribution in [0.25, 0.3) is 0 Å². The van der Waals surface area contributed by atoms with Crippen molar-refractivity contribution in [3.8, 4) is 11.5 Å². The molecule has 1 aliphatic heterocycles. The third-order valence-corrected chi connectivity index (χ3v) is 5.03. The van der Waals surface area contributed by atoms with Crippen LogP contribution in [0, 0.1) is 0 Å². The van der Waals surface area contributed by atoms with Gasteiger partial charge in [-0.2, -0.15) is 0 Å². The van der Waals surface area contributed by atoms with E-state index in [2.05, 4.69) is 59.4 Å². The number of halogens is 1. The minimum absolute atomic E-state index is 0.126. The van der Waals surface area contributed by atoms with E-state index in [0.29, 0.717) is 0 Å². The lowest BCUT2D eigenvalue weighted by Gasteiger charge is -2.21. The second-order valence-electron chi connectivity index (χ2n) is 6.92. The molecule has 27 heavy (non-hydrogen) atoms. The second-order valence-corrected chi connectivity index (χ2v) is 7.83. The van der Waals surface area contributed by atoms with Gasteiger partial charge in [-0.05, 0) is 62.9 Å². The Morgan fingerprint density at radius 2 is 2.00 bits per heavy atom. The third-order valence-electron chi connectivity index (χ3n) is 4.53. The van der Waals surface area contributed by atoms with Crippen LogP contribution in [0.5, 0.6) is 11.5 Å². The van der Waals surface area contributed by atoms with Crippen molar-refractivity contribution in [2.75, 3.05) is 20.2 Å². The number of nitrogens with zero attached hydrogens (tertiary/aromatic N) is 1. The molecule has 144 valence electrons. The Morgan fingerprint density at radius 1 is 1.15 bits per heavy atom. The molecule has 2 aromatic carbocycles. The fourth-order valence-corrected chi connectivity index (χ4v) is 3.73. The molecule has 0 saturated heterocycles. The van der Waals surface area contributed by atoms with Gasteiger partial charge in [-0.25, -0.2) is 0 Å².